The number of methoxy groups -OCH3 is 1. The van der Waals surface area contributed by atoms with Crippen molar-refractivity contribution in [2.24, 2.45) is 0 Å². The number of benzene rings is 1. The molecule has 0 fully saturated rings. The van der Waals surface area contributed by atoms with E-state index < -0.39 is 0 Å². The largest absolute Gasteiger partial charge is 0.489 e. The molecule has 0 aliphatic heterocycles. The van der Waals surface area contributed by atoms with E-state index in [9.17, 15) is 0 Å². The number of hydrogen-bond acceptors (Lipinski definition) is 3. The SMILES string of the molecule is C=C.COCOc1c(Cl)cc(OCC=C(Cl)Cl)cc1Cl. The molecule has 0 aromatic heterocycles. The van der Waals surface area contributed by atoms with Crippen LogP contribution in [0.5, 0.6) is 11.5 Å². The third-order valence-corrected chi connectivity index (χ3v) is 2.65. The van der Waals surface area contributed by atoms with Gasteiger partial charge in [0.1, 0.15) is 16.8 Å². The van der Waals surface area contributed by atoms with Gasteiger partial charge in [0.2, 0.25) is 0 Å². The van der Waals surface area contributed by atoms with Crippen molar-refractivity contribution in [3.63, 3.8) is 0 Å². The molecule has 0 spiro atoms. The van der Waals surface area contributed by atoms with Gasteiger partial charge in [-0.1, -0.05) is 46.4 Å². The van der Waals surface area contributed by atoms with Crippen molar-refractivity contribution in [3.8, 4) is 11.5 Å². The molecule has 112 valence electrons. The molecule has 0 saturated heterocycles. The minimum Gasteiger partial charge on any atom is -0.489 e. The molecule has 0 amide bonds. The van der Waals surface area contributed by atoms with Gasteiger partial charge >= 0.3 is 0 Å². The summed E-state index contributed by atoms with van der Waals surface area (Å²) in [5, 5.41) is 0.658. The van der Waals surface area contributed by atoms with Gasteiger partial charge in [-0.15, -0.1) is 13.2 Å². The first-order valence-corrected chi connectivity index (χ1v) is 6.80. The van der Waals surface area contributed by atoms with Gasteiger partial charge in [0, 0.05) is 19.2 Å². The summed E-state index contributed by atoms with van der Waals surface area (Å²) in [6.07, 6.45) is 1.50. The van der Waals surface area contributed by atoms with E-state index in [1.54, 1.807) is 12.1 Å². The van der Waals surface area contributed by atoms with E-state index in [0.29, 0.717) is 21.5 Å². The lowest BCUT2D eigenvalue weighted by Gasteiger charge is -2.11. The maximum Gasteiger partial charge on any atom is 0.188 e. The Kier molecular flexibility index (Phi) is 10.8. The van der Waals surface area contributed by atoms with E-state index in [4.69, 9.17) is 60.6 Å². The van der Waals surface area contributed by atoms with Gasteiger partial charge in [-0.2, -0.15) is 0 Å². The first kappa shape index (κ1) is 19.4. The highest BCUT2D eigenvalue weighted by Crippen LogP contribution is 2.36. The Labute approximate surface area is 138 Å². The Morgan fingerprint density at radius 2 is 1.70 bits per heavy atom. The maximum absolute atomic E-state index is 6.00. The molecule has 0 heterocycles. The molecule has 0 N–H and O–H groups in total. The first-order valence-electron chi connectivity index (χ1n) is 5.29. The molecular formula is C13H14Cl4O3. The fourth-order valence-electron chi connectivity index (χ4n) is 1.08. The second kappa shape index (κ2) is 11.1. The Morgan fingerprint density at radius 1 is 1.15 bits per heavy atom. The topological polar surface area (TPSA) is 27.7 Å². The zero-order valence-electron chi connectivity index (χ0n) is 10.8. The van der Waals surface area contributed by atoms with Crippen LogP contribution >= 0.6 is 46.4 Å². The summed E-state index contributed by atoms with van der Waals surface area (Å²) in [5.41, 5.74) is 0. The van der Waals surface area contributed by atoms with Crippen LogP contribution in [-0.2, 0) is 4.74 Å². The average molecular weight is 360 g/mol. The molecule has 0 radical (unpaired) electrons. The van der Waals surface area contributed by atoms with Gasteiger partial charge in [0.15, 0.2) is 12.5 Å². The van der Waals surface area contributed by atoms with Gasteiger partial charge in [0.25, 0.3) is 0 Å². The van der Waals surface area contributed by atoms with Crippen LogP contribution < -0.4 is 9.47 Å². The van der Waals surface area contributed by atoms with Crippen molar-refractivity contribution in [1.29, 1.82) is 0 Å². The highest BCUT2D eigenvalue weighted by molar-refractivity contribution is 6.55. The molecular weight excluding hydrogens is 346 g/mol. The summed E-state index contributed by atoms with van der Waals surface area (Å²) in [6, 6.07) is 3.16. The molecule has 3 nitrogen and oxygen atoms in total. The molecule has 0 saturated carbocycles. The lowest BCUT2D eigenvalue weighted by atomic mass is 10.3. The van der Waals surface area contributed by atoms with Crippen LogP contribution in [0, 0.1) is 0 Å². The summed E-state index contributed by atoms with van der Waals surface area (Å²) in [5.74, 6) is 0.832. The number of ether oxygens (including phenoxy) is 3. The van der Waals surface area contributed by atoms with E-state index in [0.717, 1.165) is 0 Å². The van der Waals surface area contributed by atoms with Crippen LogP contribution in [0.4, 0.5) is 0 Å². The number of rotatable bonds is 6. The van der Waals surface area contributed by atoms with Crippen molar-refractivity contribution in [1.82, 2.24) is 0 Å². The zero-order valence-corrected chi connectivity index (χ0v) is 13.8. The lowest BCUT2D eigenvalue weighted by molar-refractivity contribution is 0.0512. The summed E-state index contributed by atoms with van der Waals surface area (Å²) in [4.78, 5) is 0. The summed E-state index contributed by atoms with van der Waals surface area (Å²) >= 11 is 22.9. The number of halogens is 4. The maximum atomic E-state index is 6.00. The minimum absolute atomic E-state index is 0.0598. The first-order chi connectivity index (χ1) is 9.54. The van der Waals surface area contributed by atoms with Crippen molar-refractivity contribution in [2.45, 2.75) is 0 Å². The van der Waals surface area contributed by atoms with E-state index in [1.807, 2.05) is 0 Å². The van der Waals surface area contributed by atoms with Gasteiger partial charge in [-0.3, -0.25) is 0 Å². The second-order valence-corrected chi connectivity index (χ2v) is 4.89. The predicted octanol–water partition coefficient (Wildman–Crippen LogP) is 5.48. The van der Waals surface area contributed by atoms with Crippen molar-refractivity contribution in [2.75, 3.05) is 20.5 Å². The minimum atomic E-state index is 0.0598. The normalized spacial score (nSPS) is 9.25. The third kappa shape index (κ3) is 7.27. The van der Waals surface area contributed by atoms with Crippen LogP contribution in [-0.4, -0.2) is 20.5 Å². The van der Waals surface area contributed by atoms with Gasteiger partial charge < -0.3 is 14.2 Å². The monoisotopic (exact) mass is 358 g/mol. The quantitative estimate of drug-likeness (QED) is 0.497. The zero-order chi connectivity index (χ0) is 15.5. The fraction of sp³-hybridized carbons (Fsp3) is 0.231. The molecule has 20 heavy (non-hydrogen) atoms. The summed E-state index contributed by atoms with van der Waals surface area (Å²) in [7, 11) is 1.50. The molecule has 0 aliphatic carbocycles. The predicted molar refractivity (Wildman–Crippen MR) is 85.5 cm³/mol. The Bertz CT molecular complexity index is 422. The highest BCUT2D eigenvalue weighted by atomic mass is 35.5. The molecule has 0 atom stereocenters. The highest BCUT2D eigenvalue weighted by Gasteiger charge is 2.10. The van der Waals surface area contributed by atoms with E-state index in [2.05, 4.69) is 13.2 Å². The Morgan fingerprint density at radius 3 is 2.15 bits per heavy atom. The Balaban J connectivity index is 0.00000172. The molecule has 1 aromatic carbocycles. The van der Waals surface area contributed by atoms with Crippen LogP contribution in [0.2, 0.25) is 10.0 Å². The summed E-state index contributed by atoms with van der Waals surface area (Å²) < 4.78 is 15.5. The average Bonchev–Trinajstić information content (AvgIpc) is 2.40. The molecule has 0 unspecified atom stereocenters. The number of hydrogen-bond donors (Lipinski definition) is 0. The summed E-state index contributed by atoms with van der Waals surface area (Å²) in [6.45, 7) is 6.28. The van der Waals surface area contributed by atoms with Crippen LogP contribution in [0.25, 0.3) is 0 Å². The molecule has 1 rings (SSSR count). The molecule has 1 aromatic rings. The van der Waals surface area contributed by atoms with E-state index >= 15 is 0 Å². The van der Waals surface area contributed by atoms with Crippen LogP contribution in [0.3, 0.4) is 0 Å². The van der Waals surface area contributed by atoms with Gasteiger partial charge in [0.05, 0.1) is 10.0 Å². The smallest absolute Gasteiger partial charge is 0.188 e. The fourth-order valence-corrected chi connectivity index (χ4v) is 1.78. The van der Waals surface area contributed by atoms with Crippen molar-refractivity contribution >= 4 is 46.4 Å². The van der Waals surface area contributed by atoms with Crippen LogP contribution in [0.1, 0.15) is 0 Å². The van der Waals surface area contributed by atoms with Gasteiger partial charge in [-0.05, 0) is 6.08 Å². The lowest BCUT2D eigenvalue weighted by Crippen LogP contribution is -2.01. The van der Waals surface area contributed by atoms with Crippen LogP contribution in [0.15, 0.2) is 35.9 Å². The molecule has 7 heteroatoms. The van der Waals surface area contributed by atoms with E-state index in [-0.39, 0.29) is 17.9 Å². The van der Waals surface area contributed by atoms with Crippen molar-refractivity contribution < 1.29 is 14.2 Å². The third-order valence-electron chi connectivity index (χ3n) is 1.78. The van der Waals surface area contributed by atoms with Crippen molar-refractivity contribution in [3.05, 3.63) is 45.9 Å². The molecule has 0 aliphatic rings. The standard InChI is InChI=1S/C11H10Cl4O3.C2H4/c1-16-6-18-11-8(12)4-7(5-9(11)13)17-3-2-10(14)15;1-2/h2,4-5H,3,6H2,1H3;1-2H2. The Hall–Kier alpha value is -0.580. The van der Waals surface area contributed by atoms with E-state index in [1.165, 1.54) is 13.2 Å². The van der Waals surface area contributed by atoms with Gasteiger partial charge in [-0.25, -0.2) is 0 Å². The molecule has 0 bridgehead atoms. The second-order valence-electron chi connectivity index (χ2n) is 3.07.